The fourth-order valence-electron chi connectivity index (χ4n) is 2.96. The van der Waals surface area contributed by atoms with E-state index in [1.807, 2.05) is 0 Å². The third kappa shape index (κ3) is 4.79. The van der Waals surface area contributed by atoms with Gasteiger partial charge >= 0.3 is 0 Å². The molecular weight excluding hydrogens is 288 g/mol. The summed E-state index contributed by atoms with van der Waals surface area (Å²) in [7, 11) is -1.46. The van der Waals surface area contributed by atoms with Crippen molar-refractivity contribution in [2.75, 3.05) is 5.33 Å². The molecule has 0 amide bonds. The number of alkyl halides is 1. The third-order valence-corrected chi connectivity index (χ3v) is 10.8. The van der Waals surface area contributed by atoms with Crippen molar-refractivity contribution in [2.24, 2.45) is 0 Å². The zero-order chi connectivity index (χ0) is 13.5. The van der Waals surface area contributed by atoms with Gasteiger partial charge in [0, 0.05) is 11.8 Å². The molecule has 0 fully saturated rings. The second-order valence-electron chi connectivity index (χ2n) is 5.84. The average molecular weight is 317 g/mol. The zero-order valence-corrected chi connectivity index (χ0v) is 15.0. The standard InChI is InChI=1S/C15H29BrSi/c1-13(2)17(14(3)4,15(5)6)12-10-8-7-9-11-16/h13-15H,7-9,11H2,1-6H3. The van der Waals surface area contributed by atoms with Gasteiger partial charge in [-0.3, -0.25) is 0 Å². The first-order chi connectivity index (χ1) is 7.89. The SMILES string of the molecule is CC(C)[Si](C#CCCCCBr)(C(C)C)C(C)C. The molecule has 0 saturated heterocycles. The minimum Gasteiger partial charge on any atom is -0.130 e. The lowest BCUT2D eigenvalue weighted by Gasteiger charge is -2.38. The van der Waals surface area contributed by atoms with Crippen molar-refractivity contribution in [2.45, 2.75) is 77.4 Å². The smallest absolute Gasteiger partial charge is 0.130 e. The van der Waals surface area contributed by atoms with Crippen LogP contribution in [0.3, 0.4) is 0 Å². The van der Waals surface area contributed by atoms with Gasteiger partial charge in [0.2, 0.25) is 0 Å². The van der Waals surface area contributed by atoms with Crippen molar-refractivity contribution < 1.29 is 0 Å². The van der Waals surface area contributed by atoms with E-state index in [1.54, 1.807) is 0 Å². The molecule has 0 aromatic heterocycles. The van der Waals surface area contributed by atoms with E-state index in [2.05, 4.69) is 68.9 Å². The van der Waals surface area contributed by atoms with Crippen LogP contribution >= 0.6 is 15.9 Å². The lowest BCUT2D eigenvalue weighted by molar-refractivity contribution is 0.831. The highest BCUT2D eigenvalue weighted by molar-refractivity contribution is 9.09. The highest BCUT2D eigenvalue weighted by atomic mass is 79.9. The number of hydrogen-bond acceptors (Lipinski definition) is 0. The molecule has 0 unspecified atom stereocenters. The fraction of sp³-hybridized carbons (Fsp3) is 0.867. The Morgan fingerprint density at radius 3 is 1.71 bits per heavy atom. The van der Waals surface area contributed by atoms with E-state index in [0.717, 1.165) is 28.4 Å². The summed E-state index contributed by atoms with van der Waals surface area (Å²) in [5.41, 5.74) is 6.03. The van der Waals surface area contributed by atoms with E-state index in [0.29, 0.717) is 0 Å². The topological polar surface area (TPSA) is 0 Å². The molecule has 0 aliphatic heterocycles. The number of halogens is 1. The summed E-state index contributed by atoms with van der Waals surface area (Å²) in [5, 5.41) is 1.11. The molecule has 0 aromatic carbocycles. The summed E-state index contributed by atoms with van der Waals surface area (Å²) >= 11 is 3.47. The van der Waals surface area contributed by atoms with Gasteiger partial charge in [-0.2, -0.15) is 0 Å². The normalized spacial score (nSPS) is 12.1. The Balaban J connectivity index is 4.80. The van der Waals surface area contributed by atoms with E-state index >= 15 is 0 Å². The van der Waals surface area contributed by atoms with Gasteiger partial charge < -0.3 is 0 Å². The van der Waals surface area contributed by atoms with Gasteiger partial charge in [-0.15, -0.1) is 11.5 Å². The van der Waals surface area contributed by atoms with Crippen molar-refractivity contribution in [1.29, 1.82) is 0 Å². The first-order valence-corrected chi connectivity index (χ1v) is 10.3. The van der Waals surface area contributed by atoms with Crippen LogP contribution in [0.5, 0.6) is 0 Å². The van der Waals surface area contributed by atoms with Crippen molar-refractivity contribution in [3.05, 3.63) is 0 Å². The van der Waals surface area contributed by atoms with Crippen LogP contribution in [0.1, 0.15) is 60.8 Å². The summed E-state index contributed by atoms with van der Waals surface area (Å²) in [5.74, 6) is 3.50. The van der Waals surface area contributed by atoms with Crippen LogP contribution in [-0.4, -0.2) is 13.4 Å². The Morgan fingerprint density at radius 1 is 0.882 bits per heavy atom. The number of hydrogen-bond donors (Lipinski definition) is 0. The van der Waals surface area contributed by atoms with Crippen LogP contribution in [0.15, 0.2) is 0 Å². The van der Waals surface area contributed by atoms with Crippen LogP contribution in [0, 0.1) is 11.5 Å². The van der Waals surface area contributed by atoms with Gasteiger partial charge in [0.25, 0.3) is 0 Å². The second kappa shape index (κ2) is 8.37. The van der Waals surface area contributed by atoms with Gasteiger partial charge in [0.1, 0.15) is 8.07 Å². The summed E-state index contributed by atoms with van der Waals surface area (Å²) in [6, 6.07) is 0. The minimum atomic E-state index is -1.46. The van der Waals surface area contributed by atoms with Crippen molar-refractivity contribution >= 4 is 24.0 Å². The van der Waals surface area contributed by atoms with Crippen molar-refractivity contribution in [1.82, 2.24) is 0 Å². The Labute approximate surface area is 118 Å². The molecule has 0 bridgehead atoms. The molecule has 0 aliphatic rings. The Morgan fingerprint density at radius 2 is 1.35 bits per heavy atom. The molecule has 0 rings (SSSR count). The van der Waals surface area contributed by atoms with Crippen LogP contribution in [0.2, 0.25) is 16.6 Å². The largest absolute Gasteiger partial charge is 0.145 e. The molecular formula is C15H29BrSi. The first-order valence-electron chi connectivity index (χ1n) is 6.95. The second-order valence-corrected chi connectivity index (χ2v) is 12.2. The van der Waals surface area contributed by atoms with Gasteiger partial charge in [0.15, 0.2) is 0 Å². The maximum Gasteiger partial charge on any atom is 0.145 e. The van der Waals surface area contributed by atoms with E-state index in [1.165, 1.54) is 12.8 Å². The van der Waals surface area contributed by atoms with Crippen LogP contribution in [0.25, 0.3) is 0 Å². The first kappa shape index (κ1) is 17.3. The van der Waals surface area contributed by atoms with E-state index < -0.39 is 8.07 Å². The highest BCUT2D eigenvalue weighted by Crippen LogP contribution is 2.40. The van der Waals surface area contributed by atoms with Gasteiger partial charge in [-0.25, -0.2) is 0 Å². The lowest BCUT2D eigenvalue weighted by Crippen LogP contribution is -2.43. The Kier molecular flexibility index (Phi) is 8.50. The lowest BCUT2D eigenvalue weighted by atomic mass is 10.3. The van der Waals surface area contributed by atoms with Gasteiger partial charge in [-0.1, -0.05) is 57.5 Å². The molecule has 0 spiro atoms. The molecule has 0 nitrogen and oxygen atoms in total. The molecule has 0 N–H and O–H groups in total. The molecule has 100 valence electrons. The van der Waals surface area contributed by atoms with Crippen LogP contribution < -0.4 is 0 Å². The Hall–Kier alpha value is 0.257. The number of rotatable bonds is 6. The maximum absolute atomic E-state index is 3.76. The summed E-state index contributed by atoms with van der Waals surface area (Å²) < 4.78 is 0. The average Bonchev–Trinajstić information content (AvgIpc) is 2.21. The van der Waals surface area contributed by atoms with E-state index in [9.17, 15) is 0 Å². The van der Waals surface area contributed by atoms with Gasteiger partial charge in [-0.05, 0) is 29.5 Å². The highest BCUT2D eigenvalue weighted by Gasteiger charge is 2.41. The molecule has 0 atom stereocenters. The van der Waals surface area contributed by atoms with Crippen molar-refractivity contribution in [3.63, 3.8) is 0 Å². The maximum atomic E-state index is 3.76. The molecule has 2 heteroatoms. The fourth-order valence-corrected chi connectivity index (χ4v) is 8.65. The van der Waals surface area contributed by atoms with E-state index in [4.69, 9.17) is 0 Å². The third-order valence-electron chi connectivity index (χ3n) is 3.86. The Bertz CT molecular complexity index is 236. The van der Waals surface area contributed by atoms with E-state index in [-0.39, 0.29) is 0 Å². The van der Waals surface area contributed by atoms with Crippen LogP contribution in [-0.2, 0) is 0 Å². The zero-order valence-electron chi connectivity index (χ0n) is 12.4. The molecule has 17 heavy (non-hydrogen) atoms. The summed E-state index contributed by atoms with van der Waals surface area (Å²) in [6.45, 7) is 14.2. The number of unbranched alkanes of at least 4 members (excludes halogenated alkanes) is 2. The molecule has 0 aliphatic carbocycles. The molecule has 0 radical (unpaired) electrons. The predicted octanol–water partition coefficient (Wildman–Crippen LogP) is 5.77. The minimum absolute atomic E-state index is 0.756. The summed E-state index contributed by atoms with van der Waals surface area (Å²) in [4.78, 5) is 0. The summed E-state index contributed by atoms with van der Waals surface area (Å²) in [6.07, 6.45) is 3.55. The molecule has 0 aromatic rings. The quantitative estimate of drug-likeness (QED) is 0.252. The van der Waals surface area contributed by atoms with Crippen LogP contribution in [0.4, 0.5) is 0 Å². The predicted molar refractivity (Wildman–Crippen MR) is 86.5 cm³/mol. The van der Waals surface area contributed by atoms with Gasteiger partial charge in [0.05, 0.1) is 0 Å². The monoisotopic (exact) mass is 316 g/mol. The molecule has 0 heterocycles. The van der Waals surface area contributed by atoms with Crippen molar-refractivity contribution in [3.8, 4) is 11.5 Å². The molecule has 0 saturated carbocycles.